The molecule has 0 N–H and O–H groups in total. The van der Waals surface area contributed by atoms with Crippen LogP contribution in [0.4, 0.5) is 0 Å². The average Bonchev–Trinajstić information content (AvgIpc) is 3.59. The summed E-state index contributed by atoms with van der Waals surface area (Å²) in [5.41, 5.74) is 8.13. The van der Waals surface area contributed by atoms with E-state index >= 15 is 0 Å². The number of hydrogen-bond donors (Lipinski definition) is 0. The van der Waals surface area contributed by atoms with Gasteiger partial charge in [-0.1, -0.05) is 115 Å². The maximum absolute atomic E-state index is 6.68. The fraction of sp³-hybridized carbons (Fsp3) is 0.0408. The second-order valence-corrected chi connectivity index (χ2v) is 13.9. The molecule has 0 fully saturated rings. The van der Waals surface area contributed by atoms with E-state index in [1.54, 1.807) is 0 Å². The lowest BCUT2D eigenvalue weighted by Crippen LogP contribution is -2.14. The second kappa shape index (κ2) is 12.7. The molecule has 1 aliphatic heterocycles. The molecule has 2 aromatic heterocycles. The number of nitrogens with zero attached hydrogens (tertiary/aromatic N) is 4. The first kappa shape index (κ1) is 31.2. The summed E-state index contributed by atoms with van der Waals surface area (Å²) in [7, 11) is 0. The predicted octanol–water partition coefficient (Wildman–Crippen LogP) is 12.1. The summed E-state index contributed by atoms with van der Waals surface area (Å²) >= 11 is 0. The van der Waals surface area contributed by atoms with Crippen LogP contribution in [0.5, 0.6) is 11.5 Å². The van der Waals surface area contributed by atoms with E-state index < -0.39 is 0 Å². The largest absolute Gasteiger partial charge is 0.450 e. The van der Waals surface area contributed by atoms with Crippen LogP contribution >= 0.6 is 0 Å². The van der Waals surface area contributed by atoms with Crippen LogP contribution in [0.1, 0.15) is 12.8 Å². The van der Waals surface area contributed by atoms with Gasteiger partial charge in [0.1, 0.15) is 0 Å². The van der Waals surface area contributed by atoms with Gasteiger partial charge in [-0.2, -0.15) is 0 Å². The fourth-order valence-electron chi connectivity index (χ4n) is 7.85. The molecule has 0 radical (unpaired) electrons. The molecular weight excluding hydrogens is 677 g/mol. The predicted molar refractivity (Wildman–Crippen MR) is 220 cm³/mol. The molecule has 0 saturated carbocycles. The van der Waals surface area contributed by atoms with Crippen molar-refractivity contribution >= 4 is 32.6 Å². The monoisotopic (exact) mass is 708 g/mol. The zero-order valence-corrected chi connectivity index (χ0v) is 29.7. The first-order valence-corrected chi connectivity index (χ1v) is 18.6. The minimum absolute atomic E-state index is 0.623. The van der Waals surface area contributed by atoms with Crippen LogP contribution in [0.15, 0.2) is 181 Å². The molecule has 1 aliphatic carbocycles. The zero-order valence-electron chi connectivity index (χ0n) is 29.7. The Hall–Kier alpha value is -7.31. The quantitative estimate of drug-likeness (QED) is 0.178. The van der Waals surface area contributed by atoms with E-state index in [2.05, 4.69) is 108 Å². The maximum Gasteiger partial charge on any atom is 0.180 e. The highest BCUT2D eigenvalue weighted by Crippen LogP contribution is 2.48. The molecule has 0 amide bonds. The molecule has 2 aliphatic rings. The summed E-state index contributed by atoms with van der Waals surface area (Å²) in [6, 6.07) is 54.6. The highest BCUT2D eigenvalue weighted by atomic mass is 16.6. The Morgan fingerprint density at radius 3 is 1.71 bits per heavy atom. The number of aromatic nitrogens is 4. The third kappa shape index (κ3) is 5.38. The van der Waals surface area contributed by atoms with Gasteiger partial charge in [0.2, 0.25) is 0 Å². The Balaban J connectivity index is 1.06. The Labute approximate surface area is 317 Å². The van der Waals surface area contributed by atoms with Crippen molar-refractivity contribution in [2.45, 2.75) is 12.8 Å². The SMILES string of the molecule is C1=C2Oc3ccc4c(c3OC2=CCC1)c1cc2ccccc2cc1n4-c1cccc(-c2cccc(-c3nc(-c4ccccc4)nc(-c4ccccc4)n3)c2)c1. The molecule has 260 valence electrons. The van der Waals surface area contributed by atoms with Crippen LogP contribution in [-0.4, -0.2) is 19.5 Å². The third-order valence-electron chi connectivity index (χ3n) is 10.5. The van der Waals surface area contributed by atoms with Crippen LogP contribution in [0.25, 0.3) is 83.6 Å². The normalized spacial score (nSPS) is 13.5. The minimum atomic E-state index is 0.623. The Morgan fingerprint density at radius 2 is 1.00 bits per heavy atom. The van der Waals surface area contributed by atoms with Crippen molar-refractivity contribution in [1.29, 1.82) is 0 Å². The smallest absolute Gasteiger partial charge is 0.180 e. The molecule has 0 bridgehead atoms. The lowest BCUT2D eigenvalue weighted by molar-refractivity contribution is 0.291. The molecule has 6 heteroatoms. The number of allylic oxidation sites excluding steroid dienone is 2. The topological polar surface area (TPSA) is 62.1 Å². The van der Waals surface area contributed by atoms with Gasteiger partial charge in [-0.15, -0.1) is 0 Å². The van der Waals surface area contributed by atoms with Gasteiger partial charge in [0.25, 0.3) is 0 Å². The summed E-state index contributed by atoms with van der Waals surface area (Å²) < 4.78 is 15.5. The van der Waals surface area contributed by atoms with Crippen molar-refractivity contribution in [3.63, 3.8) is 0 Å². The number of ether oxygens (including phenoxy) is 2. The molecule has 0 saturated heterocycles. The number of benzene rings is 7. The van der Waals surface area contributed by atoms with Crippen molar-refractivity contribution in [3.05, 3.63) is 181 Å². The van der Waals surface area contributed by atoms with E-state index in [0.29, 0.717) is 17.5 Å². The second-order valence-electron chi connectivity index (χ2n) is 13.9. The van der Waals surface area contributed by atoms with E-state index in [1.807, 2.05) is 66.7 Å². The Morgan fingerprint density at radius 1 is 0.436 bits per heavy atom. The van der Waals surface area contributed by atoms with Gasteiger partial charge in [0.15, 0.2) is 40.5 Å². The van der Waals surface area contributed by atoms with Crippen molar-refractivity contribution in [1.82, 2.24) is 19.5 Å². The van der Waals surface area contributed by atoms with Crippen LogP contribution in [0, 0.1) is 0 Å². The molecule has 0 atom stereocenters. The van der Waals surface area contributed by atoms with E-state index in [0.717, 1.165) is 91.2 Å². The van der Waals surface area contributed by atoms with E-state index in [1.165, 1.54) is 10.8 Å². The summed E-state index contributed by atoms with van der Waals surface area (Å²) in [6.07, 6.45) is 6.13. The van der Waals surface area contributed by atoms with Gasteiger partial charge < -0.3 is 14.0 Å². The van der Waals surface area contributed by atoms with Gasteiger partial charge in [0.05, 0.1) is 16.4 Å². The number of rotatable bonds is 5. The van der Waals surface area contributed by atoms with E-state index in [4.69, 9.17) is 24.4 Å². The van der Waals surface area contributed by atoms with Gasteiger partial charge in [-0.05, 0) is 89.4 Å². The molecule has 0 unspecified atom stereocenters. The first-order chi connectivity index (χ1) is 27.2. The van der Waals surface area contributed by atoms with Crippen LogP contribution in [-0.2, 0) is 0 Å². The summed E-state index contributed by atoms with van der Waals surface area (Å²) in [4.78, 5) is 14.9. The first-order valence-electron chi connectivity index (χ1n) is 18.6. The lowest BCUT2D eigenvalue weighted by Gasteiger charge is -2.25. The zero-order chi connectivity index (χ0) is 36.3. The number of hydrogen-bond acceptors (Lipinski definition) is 5. The van der Waals surface area contributed by atoms with Crippen molar-refractivity contribution in [2.24, 2.45) is 0 Å². The molecule has 0 spiro atoms. The molecule has 7 aromatic carbocycles. The third-order valence-corrected chi connectivity index (χ3v) is 10.5. The van der Waals surface area contributed by atoms with E-state index in [-0.39, 0.29) is 0 Å². The van der Waals surface area contributed by atoms with Gasteiger partial charge in [-0.3, -0.25) is 0 Å². The highest BCUT2D eigenvalue weighted by molar-refractivity contribution is 6.16. The standard InChI is InChI=1S/C49H32N4O2/c1-3-13-31(14-4-1)47-50-48(32-15-5-2-6-16-32)52-49(51-47)37-21-11-19-33(27-37)34-20-12-22-38(28-34)53-40-25-26-44-46(55-43-24-10-9-23-42(43)54-44)45(40)39-29-35-17-7-8-18-36(35)30-41(39)53/h1-8,11-30H,9-10H2. The molecular formula is C49H32N4O2. The Bertz CT molecular complexity index is 2980. The van der Waals surface area contributed by atoms with Crippen LogP contribution in [0.3, 0.4) is 0 Å². The van der Waals surface area contributed by atoms with Crippen molar-refractivity contribution in [2.75, 3.05) is 0 Å². The minimum Gasteiger partial charge on any atom is -0.450 e. The Kier molecular flexibility index (Phi) is 7.20. The van der Waals surface area contributed by atoms with Gasteiger partial charge >= 0.3 is 0 Å². The average molecular weight is 709 g/mol. The molecule has 9 aromatic rings. The summed E-state index contributed by atoms with van der Waals surface area (Å²) in [5, 5.41) is 4.50. The van der Waals surface area contributed by atoms with Gasteiger partial charge in [0, 0.05) is 27.8 Å². The molecule has 11 rings (SSSR count). The van der Waals surface area contributed by atoms with E-state index in [9.17, 15) is 0 Å². The highest BCUT2D eigenvalue weighted by Gasteiger charge is 2.28. The number of fused-ring (bicyclic) bond motifs is 7. The molecule has 3 heterocycles. The lowest BCUT2D eigenvalue weighted by atomic mass is 10.0. The van der Waals surface area contributed by atoms with Crippen molar-refractivity contribution in [3.8, 4) is 62.5 Å². The summed E-state index contributed by atoms with van der Waals surface area (Å²) in [6.45, 7) is 0. The maximum atomic E-state index is 6.68. The van der Waals surface area contributed by atoms with Crippen LogP contribution in [0.2, 0.25) is 0 Å². The summed E-state index contributed by atoms with van der Waals surface area (Å²) in [5.74, 6) is 4.98. The van der Waals surface area contributed by atoms with Crippen LogP contribution < -0.4 is 9.47 Å². The van der Waals surface area contributed by atoms with Gasteiger partial charge in [-0.25, -0.2) is 15.0 Å². The molecule has 6 nitrogen and oxygen atoms in total. The fourth-order valence-corrected chi connectivity index (χ4v) is 7.85. The van der Waals surface area contributed by atoms with Crippen molar-refractivity contribution < 1.29 is 9.47 Å². The molecule has 55 heavy (non-hydrogen) atoms.